The summed E-state index contributed by atoms with van der Waals surface area (Å²) in [4.78, 5) is 10.8. The van der Waals surface area contributed by atoms with E-state index in [9.17, 15) is 4.79 Å². The molecule has 0 amide bonds. The summed E-state index contributed by atoms with van der Waals surface area (Å²) >= 11 is 3.33. The standard InChI is InChI=1S/C11H12BrNO3/c12-8-1-2-9(11(13)5-16-6-11)7(3-8)4-10(14)15/h1-3H,4-6,13H2,(H,14,15). The number of halogens is 1. The van der Waals surface area contributed by atoms with Crippen LogP contribution in [0.4, 0.5) is 0 Å². The Balaban J connectivity index is 2.39. The van der Waals surface area contributed by atoms with Gasteiger partial charge in [-0.25, -0.2) is 0 Å². The first-order valence-electron chi connectivity index (χ1n) is 4.88. The fraction of sp³-hybridized carbons (Fsp3) is 0.364. The highest BCUT2D eigenvalue weighted by Gasteiger charge is 2.37. The van der Waals surface area contributed by atoms with Crippen LogP contribution in [0.2, 0.25) is 0 Å². The summed E-state index contributed by atoms with van der Waals surface area (Å²) in [5.41, 5.74) is 7.20. The van der Waals surface area contributed by atoms with Gasteiger partial charge in [0.05, 0.1) is 25.2 Å². The van der Waals surface area contributed by atoms with Crippen molar-refractivity contribution in [3.8, 4) is 0 Å². The molecule has 0 bridgehead atoms. The molecule has 1 saturated heterocycles. The number of ether oxygens (including phenoxy) is 1. The van der Waals surface area contributed by atoms with Gasteiger partial charge in [-0.2, -0.15) is 0 Å². The van der Waals surface area contributed by atoms with Gasteiger partial charge >= 0.3 is 5.97 Å². The Morgan fingerprint density at radius 3 is 2.75 bits per heavy atom. The topological polar surface area (TPSA) is 72.6 Å². The maximum atomic E-state index is 10.8. The van der Waals surface area contributed by atoms with Gasteiger partial charge in [0.25, 0.3) is 0 Å². The van der Waals surface area contributed by atoms with Gasteiger partial charge in [0.15, 0.2) is 0 Å². The van der Waals surface area contributed by atoms with Crippen molar-refractivity contribution < 1.29 is 14.6 Å². The molecule has 1 aromatic rings. The van der Waals surface area contributed by atoms with Crippen LogP contribution in [0.1, 0.15) is 11.1 Å². The van der Waals surface area contributed by atoms with Gasteiger partial charge in [-0.3, -0.25) is 4.79 Å². The van der Waals surface area contributed by atoms with Crippen molar-refractivity contribution in [2.24, 2.45) is 5.73 Å². The molecule has 1 aromatic carbocycles. The SMILES string of the molecule is NC1(c2ccc(Br)cc2CC(=O)O)COC1. The number of carboxylic acids is 1. The molecule has 3 N–H and O–H groups in total. The molecule has 0 radical (unpaired) electrons. The summed E-state index contributed by atoms with van der Waals surface area (Å²) in [6.07, 6.45) is -0.0201. The molecule has 1 heterocycles. The quantitative estimate of drug-likeness (QED) is 0.877. The third-order valence-corrected chi connectivity index (χ3v) is 3.16. The largest absolute Gasteiger partial charge is 0.481 e. The van der Waals surface area contributed by atoms with E-state index in [0.29, 0.717) is 13.2 Å². The molecule has 1 aliphatic rings. The maximum Gasteiger partial charge on any atom is 0.307 e. The maximum absolute atomic E-state index is 10.8. The molecule has 0 spiro atoms. The minimum atomic E-state index is -0.858. The number of hydrogen-bond acceptors (Lipinski definition) is 3. The molecule has 1 fully saturated rings. The number of carbonyl (C=O) groups is 1. The molecule has 0 aromatic heterocycles. The summed E-state index contributed by atoms with van der Waals surface area (Å²) in [5.74, 6) is -0.858. The predicted molar refractivity (Wildman–Crippen MR) is 62.2 cm³/mol. The number of benzene rings is 1. The van der Waals surface area contributed by atoms with Crippen LogP contribution < -0.4 is 5.73 Å². The summed E-state index contributed by atoms with van der Waals surface area (Å²) < 4.78 is 5.96. The molecule has 86 valence electrons. The van der Waals surface area contributed by atoms with E-state index in [1.54, 1.807) is 6.07 Å². The molecule has 2 rings (SSSR count). The first-order valence-corrected chi connectivity index (χ1v) is 5.68. The first-order chi connectivity index (χ1) is 7.51. The Labute approximate surface area is 102 Å². The minimum absolute atomic E-state index is 0.0201. The van der Waals surface area contributed by atoms with Crippen molar-refractivity contribution >= 4 is 21.9 Å². The van der Waals surface area contributed by atoms with Crippen LogP contribution in [0.25, 0.3) is 0 Å². The van der Waals surface area contributed by atoms with E-state index >= 15 is 0 Å². The normalized spacial score (nSPS) is 17.9. The Morgan fingerprint density at radius 2 is 2.25 bits per heavy atom. The molecule has 0 unspecified atom stereocenters. The summed E-state index contributed by atoms with van der Waals surface area (Å²) in [6.45, 7) is 0.891. The number of aliphatic carboxylic acids is 1. The van der Waals surface area contributed by atoms with Gasteiger partial charge in [0, 0.05) is 4.47 Å². The van der Waals surface area contributed by atoms with E-state index in [4.69, 9.17) is 15.6 Å². The molecule has 0 saturated carbocycles. The van der Waals surface area contributed by atoms with Crippen molar-refractivity contribution in [2.45, 2.75) is 12.0 Å². The lowest BCUT2D eigenvalue weighted by atomic mass is 9.85. The van der Waals surface area contributed by atoms with E-state index in [1.165, 1.54) is 0 Å². The van der Waals surface area contributed by atoms with Crippen molar-refractivity contribution in [2.75, 3.05) is 13.2 Å². The van der Waals surface area contributed by atoms with Gasteiger partial charge in [0.1, 0.15) is 0 Å². The lowest BCUT2D eigenvalue weighted by molar-refractivity contribution is -0.136. The molecule has 16 heavy (non-hydrogen) atoms. The summed E-state index contributed by atoms with van der Waals surface area (Å²) in [5, 5.41) is 8.85. The highest BCUT2D eigenvalue weighted by Crippen LogP contribution is 2.31. The average Bonchev–Trinajstić information content (AvgIpc) is 2.13. The molecular formula is C11H12BrNO3. The van der Waals surface area contributed by atoms with Gasteiger partial charge in [0.2, 0.25) is 0 Å². The molecule has 0 aliphatic carbocycles. The number of hydrogen-bond donors (Lipinski definition) is 2. The zero-order valence-electron chi connectivity index (χ0n) is 8.57. The lowest BCUT2D eigenvalue weighted by Gasteiger charge is -2.39. The second-order valence-corrected chi connectivity index (χ2v) is 4.94. The number of nitrogens with two attached hydrogens (primary N) is 1. The Morgan fingerprint density at radius 1 is 1.56 bits per heavy atom. The predicted octanol–water partition coefficient (Wildman–Crippen LogP) is 1.26. The molecule has 0 atom stereocenters. The van der Waals surface area contributed by atoms with E-state index in [0.717, 1.165) is 15.6 Å². The van der Waals surface area contributed by atoms with Crippen molar-refractivity contribution in [1.29, 1.82) is 0 Å². The fourth-order valence-corrected chi connectivity index (χ4v) is 2.24. The smallest absolute Gasteiger partial charge is 0.307 e. The van der Waals surface area contributed by atoms with Gasteiger partial charge < -0.3 is 15.6 Å². The van der Waals surface area contributed by atoms with E-state index in [1.807, 2.05) is 12.1 Å². The van der Waals surface area contributed by atoms with E-state index in [-0.39, 0.29) is 6.42 Å². The molecular weight excluding hydrogens is 274 g/mol. The summed E-state index contributed by atoms with van der Waals surface area (Å²) in [6, 6.07) is 5.54. The third-order valence-electron chi connectivity index (χ3n) is 2.66. The summed E-state index contributed by atoms with van der Waals surface area (Å²) in [7, 11) is 0. The van der Waals surface area contributed by atoms with E-state index in [2.05, 4.69) is 15.9 Å². The van der Waals surface area contributed by atoms with Crippen LogP contribution in [-0.4, -0.2) is 24.3 Å². The molecule has 5 heteroatoms. The van der Waals surface area contributed by atoms with Gasteiger partial charge in [-0.15, -0.1) is 0 Å². The third kappa shape index (κ3) is 2.11. The second-order valence-electron chi connectivity index (χ2n) is 4.02. The minimum Gasteiger partial charge on any atom is -0.481 e. The molecule has 1 aliphatic heterocycles. The zero-order valence-corrected chi connectivity index (χ0v) is 10.2. The lowest BCUT2D eigenvalue weighted by Crippen LogP contribution is -2.54. The van der Waals surface area contributed by atoms with Crippen LogP contribution in [0, 0.1) is 0 Å². The van der Waals surface area contributed by atoms with Crippen LogP contribution >= 0.6 is 15.9 Å². The van der Waals surface area contributed by atoms with Crippen molar-refractivity contribution in [3.05, 3.63) is 33.8 Å². The van der Waals surface area contributed by atoms with Crippen molar-refractivity contribution in [3.63, 3.8) is 0 Å². The Bertz CT molecular complexity index is 429. The van der Waals surface area contributed by atoms with Crippen LogP contribution in [0.3, 0.4) is 0 Å². The Hall–Kier alpha value is -0.910. The fourth-order valence-electron chi connectivity index (χ4n) is 1.83. The zero-order chi connectivity index (χ0) is 11.8. The first kappa shape index (κ1) is 11.6. The number of rotatable bonds is 3. The Kier molecular flexibility index (Phi) is 3.01. The highest BCUT2D eigenvalue weighted by atomic mass is 79.9. The van der Waals surface area contributed by atoms with E-state index < -0.39 is 11.5 Å². The second kappa shape index (κ2) is 4.16. The van der Waals surface area contributed by atoms with Crippen LogP contribution in [0.15, 0.2) is 22.7 Å². The van der Waals surface area contributed by atoms with Gasteiger partial charge in [-0.1, -0.05) is 22.0 Å². The molecule has 4 nitrogen and oxygen atoms in total. The van der Waals surface area contributed by atoms with Crippen LogP contribution in [-0.2, 0) is 21.5 Å². The van der Waals surface area contributed by atoms with Crippen molar-refractivity contribution in [1.82, 2.24) is 0 Å². The average molecular weight is 286 g/mol. The monoisotopic (exact) mass is 285 g/mol. The van der Waals surface area contributed by atoms with Crippen LogP contribution in [0.5, 0.6) is 0 Å². The number of carboxylic acid groups (broad SMARTS) is 1. The highest BCUT2D eigenvalue weighted by molar-refractivity contribution is 9.10. The van der Waals surface area contributed by atoms with Gasteiger partial charge in [-0.05, 0) is 23.3 Å².